The topological polar surface area (TPSA) is 38.3 Å². The average molecular weight is 442 g/mol. The summed E-state index contributed by atoms with van der Waals surface area (Å²) in [6.07, 6.45) is -2.61. The van der Waals surface area contributed by atoms with Crippen LogP contribution in [0.3, 0.4) is 0 Å². The second kappa shape index (κ2) is 7.92. The van der Waals surface area contributed by atoms with Crippen molar-refractivity contribution in [2.45, 2.75) is 30.9 Å². The zero-order valence-electron chi connectivity index (χ0n) is 14.5. The molecule has 0 radical (unpaired) electrons. The molecule has 3 nitrogen and oxygen atoms in total. The molecule has 0 aliphatic carbocycles. The molecule has 3 rings (SSSR count). The van der Waals surface area contributed by atoms with Crippen LogP contribution in [0.4, 0.5) is 13.2 Å². The maximum Gasteiger partial charge on any atom is 0.405 e. The van der Waals surface area contributed by atoms with Gasteiger partial charge in [-0.25, -0.2) is 0 Å². The highest BCUT2D eigenvalue weighted by atomic mass is 79.9. The fourth-order valence-corrected chi connectivity index (χ4v) is 3.92. The maximum atomic E-state index is 13.2. The third kappa shape index (κ3) is 3.98. The Labute approximate surface area is 164 Å². The van der Waals surface area contributed by atoms with Gasteiger partial charge in [-0.2, -0.15) is 13.2 Å². The van der Waals surface area contributed by atoms with Crippen LogP contribution in [0.1, 0.15) is 30.4 Å². The number of hydrogen-bond donors (Lipinski definition) is 1. The molecule has 0 unspecified atom stereocenters. The Morgan fingerprint density at radius 3 is 2.07 bits per heavy atom. The first-order valence-corrected chi connectivity index (χ1v) is 9.78. The van der Waals surface area contributed by atoms with Crippen molar-refractivity contribution in [2.24, 2.45) is 0 Å². The molecule has 1 N–H and O–H groups in total. The minimum Gasteiger partial charge on any atom is -0.457 e. The molecule has 7 heteroatoms. The number of hydrogen-bond acceptors (Lipinski definition) is 2. The predicted octanol–water partition coefficient (Wildman–Crippen LogP) is 5.32. The fraction of sp³-hybridized carbons (Fsp3) is 0.350. The van der Waals surface area contributed by atoms with E-state index in [-0.39, 0.29) is 0 Å². The van der Waals surface area contributed by atoms with E-state index >= 15 is 0 Å². The summed E-state index contributed by atoms with van der Waals surface area (Å²) >= 11 is 3.38. The van der Waals surface area contributed by atoms with Gasteiger partial charge in [0.2, 0.25) is 5.91 Å². The van der Waals surface area contributed by atoms with E-state index in [4.69, 9.17) is 4.74 Å². The Bertz CT molecular complexity index is 777. The molecule has 0 fully saturated rings. The molecule has 0 atom stereocenters. The second-order valence-electron chi connectivity index (χ2n) is 6.44. The SMILES string of the molecule is O=C(NCC(F)(F)F)C1(CCCCBr)c2ccccc2Oc2ccccc21. The van der Waals surface area contributed by atoms with Crippen molar-refractivity contribution in [3.05, 3.63) is 59.7 Å². The summed E-state index contributed by atoms with van der Waals surface area (Å²) in [5, 5.41) is 2.87. The first kappa shape index (κ1) is 19.7. The van der Waals surface area contributed by atoms with E-state index in [0.717, 1.165) is 11.8 Å². The number of para-hydroxylation sites is 2. The number of alkyl halides is 4. The third-order valence-electron chi connectivity index (χ3n) is 4.69. The Balaban J connectivity index is 2.12. The standard InChI is InChI=1S/C20H19BrF3NO2/c21-12-6-5-11-19(18(26)25-13-20(22,23)24)14-7-1-3-9-16(14)27-17-10-4-2-8-15(17)19/h1-4,7-10H,5-6,11-13H2,(H,25,26). The molecule has 2 aromatic carbocycles. The van der Waals surface area contributed by atoms with Gasteiger partial charge in [-0.1, -0.05) is 58.7 Å². The molecular weight excluding hydrogens is 423 g/mol. The number of fused-ring (bicyclic) bond motifs is 2. The lowest BCUT2D eigenvalue weighted by Crippen LogP contribution is -2.49. The van der Waals surface area contributed by atoms with Gasteiger partial charge in [0.05, 0.1) is 0 Å². The number of carbonyl (C=O) groups excluding carboxylic acids is 1. The summed E-state index contributed by atoms with van der Waals surface area (Å²) in [4.78, 5) is 13.2. The fourth-order valence-electron chi connectivity index (χ4n) is 3.52. The Kier molecular flexibility index (Phi) is 5.79. The van der Waals surface area contributed by atoms with E-state index < -0.39 is 24.0 Å². The Hall–Kier alpha value is -2.02. The highest BCUT2D eigenvalue weighted by Crippen LogP contribution is 2.50. The second-order valence-corrected chi connectivity index (χ2v) is 7.24. The smallest absolute Gasteiger partial charge is 0.405 e. The maximum absolute atomic E-state index is 13.2. The van der Waals surface area contributed by atoms with Gasteiger partial charge in [-0.3, -0.25) is 4.79 Å². The summed E-state index contributed by atoms with van der Waals surface area (Å²) in [5.74, 6) is 0.340. The van der Waals surface area contributed by atoms with Crippen LogP contribution in [0.5, 0.6) is 11.5 Å². The van der Waals surface area contributed by atoms with Crippen molar-refractivity contribution in [3.63, 3.8) is 0 Å². The van der Waals surface area contributed by atoms with Gasteiger partial charge >= 0.3 is 6.18 Å². The number of ether oxygens (including phenoxy) is 1. The number of amides is 1. The van der Waals surface area contributed by atoms with Crippen molar-refractivity contribution in [3.8, 4) is 11.5 Å². The van der Waals surface area contributed by atoms with Crippen LogP contribution in [-0.4, -0.2) is 24.0 Å². The van der Waals surface area contributed by atoms with Crippen molar-refractivity contribution in [1.82, 2.24) is 5.32 Å². The van der Waals surface area contributed by atoms with E-state index in [9.17, 15) is 18.0 Å². The molecule has 1 amide bonds. The monoisotopic (exact) mass is 441 g/mol. The largest absolute Gasteiger partial charge is 0.457 e. The number of carbonyl (C=O) groups is 1. The molecule has 0 spiro atoms. The molecule has 0 saturated heterocycles. The van der Waals surface area contributed by atoms with Gasteiger partial charge in [0, 0.05) is 16.5 Å². The molecular formula is C20H19BrF3NO2. The van der Waals surface area contributed by atoms with Crippen LogP contribution in [0.2, 0.25) is 0 Å². The Morgan fingerprint density at radius 1 is 1.00 bits per heavy atom. The minimum absolute atomic E-state index is 0.389. The van der Waals surface area contributed by atoms with Crippen LogP contribution in [0.25, 0.3) is 0 Å². The highest BCUT2D eigenvalue weighted by molar-refractivity contribution is 9.09. The number of unbranched alkanes of at least 4 members (excludes halogenated alkanes) is 1. The van der Waals surface area contributed by atoms with Crippen LogP contribution < -0.4 is 10.1 Å². The molecule has 2 aromatic rings. The summed E-state index contributed by atoms with van der Waals surface area (Å²) in [6, 6.07) is 14.1. The van der Waals surface area contributed by atoms with Gasteiger partial charge in [-0.05, 0) is 25.0 Å². The number of nitrogens with one attached hydrogen (secondary N) is 1. The third-order valence-corrected chi connectivity index (χ3v) is 5.25. The van der Waals surface area contributed by atoms with Gasteiger partial charge in [-0.15, -0.1) is 0 Å². The van der Waals surface area contributed by atoms with Crippen molar-refractivity contribution in [2.75, 3.05) is 11.9 Å². The van der Waals surface area contributed by atoms with Crippen LogP contribution in [0, 0.1) is 0 Å². The predicted molar refractivity (Wildman–Crippen MR) is 100 cm³/mol. The molecule has 0 aromatic heterocycles. The summed E-state index contributed by atoms with van der Waals surface area (Å²) in [6.45, 7) is -1.36. The lowest BCUT2D eigenvalue weighted by Gasteiger charge is -2.39. The van der Waals surface area contributed by atoms with Crippen molar-refractivity contribution in [1.29, 1.82) is 0 Å². The summed E-state index contributed by atoms with van der Waals surface area (Å²) < 4.78 is 44.2. The number of halogens is 4. The molecule has 27 heavy (non-hydrogen) atoms. The average Bonchev–Trinajstić information content (AvgIpc) is 2.65. The summed E-state index contributed by atoms with van der Waals surface area (Å²) in [5.41, 5.74) is -0.0327. The zero-order valence-corrected chi connectivity index (χ0v) is 16.1. The lowest BCUT2D eigenvalue weighted by atomic mass is 9.68. The quantitative estimate of drug-likeness (QED) is 0.486. The molecule has 144 valence electrons. The van der Waals surface area contributed by atoms with Crippen molar-refractivity contribution < 1.29 is 22.7 Å². The van der Waals surface area contributed by atoms with Crippen molar-refractivity contribution >= 4 is 21.8 Å². The minimum atomic E-state index is -4.48. The van der Waals surface area contributed by atoms with Gasteiger partial charge < -0.3 is 10.1 Å². The van der Waals surface area contributed by atoms with Crippen LogP contribution in [-0.2, 0) is 10.2 Å². The van der Waals surface area contributed by atoms with E-state index in [1.807, 2.05) is 0 Å². The van der Waals surface area contributed by atoms with Gasteiger partial charge in [0.25, 0.3) is 0 Å². The first-order chi connectivity index (χ1) is 12.9. The van der Waals surface area contributed by atoms with E-state index in [1.165, 1.54) is 0 Å². The highest BCUT2D eigenvalue weighted by Gasteiger charge is 2.48. The van der Waals surface area contributed by atoms with E-state index in [1.54, 1.807) is 48.5 Å². The number of benzene rings is 2. The summed E-state index contributed by atoms with van der Waals surface area (Å²) in [7, 11) is 0. The molecule has 1 aliphatic rings. The van der Waals surface area contributed by atoms with Crippen LogP contribution >= 0.6 is 15.9 Å². The first-order valence-electron chi connectivity index (χ1n) is 8.66. The molecule has 1 aliphatic heterocycles. The Morgan fingerprint density at radius 2 is 1.56 bits per heavy atom. The van der Waals surface area contributed by atoms with Gasteiger partial charge in [0.1, 0.15) is 23.5 Å². The zero-order chi connectivity index (χ0) is 19.5. The van der Waals surface area contributed by atoms with E-state index in [2.05, 4.69) is 21.2 Å². The molecule has 0 bridgehead atoms. The van der Waals surface area contributed by atoms with Gasteiger partial charge in [0.15, 0.2) is 0 Å². The normalized spacial score (nSPS) is 14.7. The van der Waals surface area contributed by atoms with Crippen LogP contribution in [0.15, 0.2) is 48.5 Å². The van der Waals surface area contributed by atoms with E-state index in [0.29, 0.717) is 35.5 Å². The number of rotatable bonds is 6. The lowest BCUT2D eigenvalue weighted by molar-refractivity contribution is -0.141. The molecule has 1 heterocycles. The molecule has 0 saturated carbocycles.